The van der Waals surface area contributed by atoms with Crippen LogP contribution in [0.2, 0.25) is 0 Å². The van der Waals surface area contributed by atoms with Gasteiger partial charge in [-0.2, -0.15) is 0 Å². The summed E-state index contributed by atoms with van der Waals surface area (Å²) < 4.78 is 9.39. The molecule has 0 saturated carbocycles. The van der Waals surface area contributed by atoms with Crippen molar-refractivity contribution in [3.63, 3.8) is 0 Å². The van der Waals surface area contributed by atoms with Gasteiger partial charge in [0.2, 0.25) is 12.5 Å². The van der Waals surface area contributed by atoms with Gasteiger partial charge in [-0.25, -0.2) is 0 Å². The predicted molar refractivity (Wildman–Crippen MR) is 42.9 cm³/mol. The fourth-order valence-corrected chi connectivity index (χ4v) is 1.12. The first-order valence-corrected chi connectivity index (χ1v) is 4.40. The Bertz CT molecular complexity index is 284. The molecule has 2 fully saturated rings. The minimum absolute atomic E-state index is 0.246. The average molecular weight is 198 g/mol. The molecule has 76 valence electrons. The van der Waals surface area contributed by atoms with Crippen LogP contribution in [0.4, 0.5) is 0 Å². The van der Waals surface area contributed by atoms with Gasteiger partial charge in [-0.3, -0.25) is 9.59 Å². The van der Waals surface area contributed by atoms with Gasteiger partial charge in [0.15, 0.2) is 0 Å². The summed E-state index contributed by atoms with van der Waals surface area (Å²) in [5.74, 6) is -1.03. The third-order valence-electron chi connectivity index (χ3n) is 2.37. The second-order valence-corrected chi connectivity index (χ2v) is 3.46. The molecule has 6 nitrogen and oxygen atoms in total. The summed E-state index contributed by atoms with van der Waals surface area (Å²) in [5, 5.41) is 7.54. The second kappa shape index (κ2) is 3.04. The number of esters is 2. The van der Waals surface area contributed by atoms with Crippen LogP contribution >= 0.6 is 0 Å². The summed E-state index contributed by atoms with van der Waals surface area (Å²) in [7, 11) is 0. The van der Waals surface area contributed by atoms with Crippen molar-refractivity contribution in [2.75, 3.05) is 0 Å². The molecule has 2 aliphatic rings. The van der Waals surface area contributed by atoms with E-state index in [-0.39, 0.29) is 23.8 Å². The highest BCUT2D eigenvalue weighted by atomic mass is 16.6. The number of cyclic esters (lactones) is 2. The number of hydrogen-bond donors (Lipinski definition) is 0. The molecule has 0 aliphatic carbocycles. The quantitative estimate of drug-likeness (QED) is 0.477. The maximum absolute atomic E-state index is 10.7. The molecule has 2 saturated heterocycles. The molecule has 14 heavy (non-hydrogen) atoms. The molecule has 0 aromatic heterocycles. The molecule has 0 aromatic carbocycles. The van der Waals surface area contributed by atoms with E-state index in [0.717, 1.165) is 0 Å². The Kier molecular flexibility index (Phi) is 1.98. The molecule has 2 aliphatic heterocycles. The van der Waals surface area contributed by atoms with Crippen LogP contribution in [0.15, 0.2) is 10.2 Å². The predicted octanol–water partition coefficient (Wildman–Crippen LogP) is 0.477. The molecule has 0 bridgehead atoms. The highest BCUT2D eigenvalue weighted by Gasteiger charge is 2.42. The first kappa shape index (κ1) is 9.11. The third kappa shape index (κ3) is 1.26. The molecule has 6 heteroatoms. The van der Waals surface area contributed by atoms with Gasteiger partial charge in [0.25, 0.3) is 0 Å². The van der Waals surface area contributed by atoms with Crippen molar-refractivity contribution >= 4 is 11.9 Å². The van der Waals surface area contributed by atoms with Gasteiger partial charge >= 0.3 is 11.9 Å². The van der Waals surface area contributed by atoms with Crippen molar-refractivity contribution in [3.05, 3.63) is 0 Å². The number of hydrogen-bond acceptors (Lipinski definition) is 6. The fraction of sp³-hybridized carbons (Fsp3) is 0.750. The summed E-state index contributed by atoms with van der Waals surface area (Å²) in [5.41, 5.74) is 0. The molecule has 0 aromatic rings. The summed E-state index contributed by atoms with van der Waals surface area (Å²) in [6.45, 7) is 3.43. The number of nitrogens with zero attached hydrogens (tertiary/aromatic N) is 2. The van der Waals surface area contributed by atoms with Gasteiger partial charge < -0.3 is 9.47 Å². The molecule has 0 radical (unpaired) electrons. The largest absolute Gasteiger partial charge is 0.437 e. The van der Waals surface area contributed by atoms with Crippen LogP contribution in [0, 0.1) is 11.8 Å². The van der Waals surface area contributed by atoms with Crippen molar-refractivity contribution in [2.24, 2.45) is 22.1 Å². The van der Waals surface area contributed by atoms with Gasteiger partial charge in [0, 0.05) is 0 Å². The smallest absolute Gasteiger partial charge is 0.316 e. The lowest BCUT2D eigenvalue weighted by Gasteiger charge is -2.31. The Morgan fingerprint density at radius 1 is 0.929 bits per heavy atom. The number of ether oxygens (including phenoxy) is 2. The van der Waals surface area contributed by atoms with Crippen molar-refractivity contribution in [1.29, 1.82) is 0 Å². The maximum Gasteiger partial charge on any atom is 0.316 e. The molecule has 4 atom stereocenters. The zero-order chi connectivity index (χ0) is 10.3. The Morgan fingerprint density at radius 2 is 1.29 bits per heavy atom. The SMILES string of the molecule is CC1C(=O)OC1N=NC1OC(=O)C1C. The van der Waals surface area contributed by atoms with Crippen molar-refractivity contribution in [3.8, 4) is 0 Å². The van der Waals surface area contributed by atoms with Crippen molar-refractivity contribution < 1.29 is 19.1 Å². The Hall–Kier alpha value is -1.46. The second-order valence-electron chi connectivity index (χ2n) is 3.46. The summed E-state index contributed by atoms with van der Waals surface area (Å²) in [4.78, 5) is 21.4. The maximum atomic E-state index is 10.7. The van der Waals surface area contributed by atoms with Crippen molar-refractivity contribution in [2.45, 2.75) is 26.3 Å². The zero-order valence-corrected chi connectivity index (χ0v) is 7.84. The molecule has 2 rings (SSSR count). The summed E-state index contributed by atoms with van der Waals surface area (Å²) >= 11 is 0. The molecular formula is C8H10N2O4. The standard InChI is InChI=1S/C8H10N2O4/c1-3-5(13-7(3)11)9-10-6-4(2)8(12)14-6/h3-6H,1-2H3. The topological polar surface area (TPSA) is 77.3 Å². The minimum atomic E-state index is -0.506. The monoisotopic (exact) mass is 198 g/mol. The number of rotatable bonds is 2. The van der Waals surface area contributed by atoms with Gasteiger partial charge in [-0.1, -0.05) is 0 Å². The zero-order valence-electron chi connectivity index (χ0n) is 7.84. The number of azo groups is 1. The van der Waals surface area contributed by atoms with Crippen LogP contribution in [0.3, 0.4) is 0 Å². The van der Waals surface area contributed by atoms with E-state index in [1.807, 2.05) is 0 Å². The first-order chi connectivity index (χ1) is 6.59. The van der Waals surface area contributed by atoms with Crippen LogP contribution in [-0.2, 0) is 19.1 Å². The van der Waals surface area contributed by atoms with E-state index >= 15 is 0 Å². The average Bonchev–Trinajstić information content (AvgIpc) is 2.20. The highest BCUT2D eigenvalue weighted by molar-refractivity contribution is 5.78. The van der Waals surface area contributed by atoms with Crippen LogP contribution < -0.4 is 0 Å². The van der Waals surface area contributed by atoms with E-state index in [4.69, 9.17) is 9.47 Å². The minimum Gasteiger partial charge on any atom is -0.437 e. The molecular weight excluding hydrogens is 188 g/mol. The van der Waals surface area contributed by atoms with E-state index in [0.29, 0.717) is 0 Å². The summed E-state index contributed by atoms with van der Waals surface area (Å²) in [6.07, 6.45) is -1.01. The lowest BCUT2D eigenvalue weighted by atomic mass is 10.1. The molecule has 2 heterocycles. The lowest BCUT2D eigenvalue weighted by Crippen LogP contribution is -2.44. The van der Waals surface area contributed by atoms with Crippen LogP contribution in [0.25, 0.3) is 0 Å². The molecule has 0 spiro atoms. The van der Waals surface area contributed by atoms with Crippen molar-refractivity contribution in [1.82, 2.24) is 0 Å². The first-order valence-electron chi connectivity index (χ1n) is 4.40. The van der Waals surface area contributed by atoms with Crippen LogP contribution in [0.1, 0.15) is 13.8 Å². The Labute approximate surface area is 80.3 Å². The van der Waals surface area contributed by atoms with E-state index in [2.05, 4.69) is 10.2 Å². The van der Waals surface area contributed by atoms with E-state index in [1.54, 1.807) is 13.8 Å². The molecule has 0 N–H and O–H groups in total. The molecule has 0 amide bonds. The Morgan fingerprint density at radius 3 is 1.50 bits per heavy atom. The van der Waals surface area contributed by atoms with Gasteiger partial charge in [0.1, 0.15) is 11.8 Å². The van der Waals surface area contributed by atoms with E-state index in [9.17, 15) is 9.59 Å². The summed E-state index contributed by atoms with van der Waals surface area (Å²) in [6, 6.07) is 0. The number of carbonyl (C=O) groups is 2. The van der Waals surface area contributed by atoms with Crippen LogP contribution in [0.5, 0.6) is 0 Å². The van der Waals surface area contributed by atoms with E-state index in [1.165, 1.54) is 0 Å². The third-order valence-corrected chi connectivity index (χ3v) is 2.37. The number of carbonyl (C=O) groups excluding carboxylic acids is 2. The lowest BCUT2D eigenvalue weighted by molar-refractivity contribution is -0.188. The van der Waals surface area contributed by atoms with Gasteiger partial charge in [0.05, 0.1) is 0 Å². The van der Waals surface area contributed by atoms with Gasteiger partial charge in [-0.05, 0) is 13.8 Å². The normalized spacial score (nSPS) is 41.3. The van der Waals surface area contributed by atoms with Gasteiger partial charge in [-0.15, -0.1) is 10.2 Å². The van der Waals surface area contributed by atoms with Crippen LogP contribution in [-0.4, -0.2) is 24.4 Å². The fourth-order valence-electron chi connectivity index (χ4n) is 1.12. The Balaban J connectivity index is 1.84. The highest BCUT2D eigenvalue weighted by Crippen LogP contribution is 2.26. The van der Waals surface area contributed by atoms with E-state index < -0.39 is 12.5 Å². The molecule has 4 unspecified atom stereocenters.